The maximum absolute atomic E-state index is 12.1. The van der Waals surface area contributed by atoms with E-state index in [2.05, 4.69) is 10.0 Å². The number of hydrogen-bond acceptors (Lipinski definition) is 5. The lowest BCUT2D eigenvalue weighted by molar-refractivity contribution is -0.118. The first kappa shape index (κ1) is 15.0. The number of fused-ring (bicyclic) bond motifs is 1. The lowest BCUT2D eigenvalue weighted by Gasteiger charge is -2.19. The van der Waals surface area contributed by atoms with Crippen molar-refractivity contribution in [1.29, 1.82) is 0 Å². The Bertz CT molecular complexity index is 632. The Kier molecular flexibility index (Phi) is 4.48. The van der Waals surface area contributed by atoms with Crippen LogP contribution in [0.5, 0.6) is 5.75 Å². The van der Waals surface area contributed by atoms with Crippen LogP contribution in [-0.4, -0.2) is 41.2 Å². The van der Waals surface area contributed by atoms with Gasteiger partial charge in [-0.2, -0.15) is 0 Å². The van der Waals surface area contributed by atoms with Crippen molar-refractivity contribution in [2.75, 3.05) is 32.2 Å². The third-order valence-corrected chi connectivity index (χ3v) is 4.48. The van der Waals surface area contributed by atoms with E-state index >= 15 is 0 Å². The van der Waals surface area contributed by atoms with Gasteiger partial charge in [-0.25, -0.2) is 13.1 Å². The minimum atomic E-state index is -3.76. The molecule has 0 fully saturated rings. The monoisotopic (exact) mass is 320 g/mol. The summed E-state index contributed by atoms with van der Waals surface area (Å²) in [4.78, 5) is 11.1. The molecular weight excluding hydrogens is 308 g/mol. The standard InChI is InChI=1S/C11H13ClN2O5S/c1-18-3-2-13-20(16,17)10-5-9-8(4-7(10)12)14-11(15)6-19-9/h4-5,13H,2-3,6H2,1H3,(H,14,15). The van der Waals surface area contributed by atoms with E-state index in [0.717, 1.165) is 0 Å². The molecule has 0 bridgehead atoms. The van der Waals surface area contributed by atoms with E-state index in [4.69, 9.17) is 21.1 Å². The van der Waals surface area contributed by atoms with Gasteiger partial charge in [0.2, 0.25) is 10.0 Å². The summed E-state index contributed by atoms with van der Waals surface area (Å²) in [5.41, 5.74) is 0.349. The molecule has 2 N–H and O–H groups in total. The zero-order chi connectivity index (χ0) is 14.8. The molecule has 20 heavy (non-hydrogen) atoms. The van der Waals surface area contributed by atoms with Gasteiger partial charge in [0.15, 0.2) is 6.61 Å². The van der Waals surface area contributed by atoms with Gasteiger partial charge in [0.05, 0.1) is 17.3 Å². The fourth-order valence-electron chi connectivity index (χ4n) is 1.64. The second kappa shape index (κ2) is 5.96. The number of carbonyl (C=O) groups is 1. The number of benzene rings is 1. The molecule has 0 aromatic heterocycles. The minimum Gasteiger partial charge on any atom is -0.482 e. The lowest BCUT2D eigenvalue weighted by atomic mass is 10.2. The second-order valence-corrected chi connectivity index (χ2v) is 6.15. The van der Waals surface area contributed by atoms with Crippen molar-refractivity contribution < 1.29 is 22.7 Å². The van der Waals surface area contributed by atoms with Gasteiger partial charge in [0.1, 0.15) is 10.6 Å². The molecule has 9 heteroatoms. The predicted octanol–water partition coefficient (Wildman–Crippen LogP) is 0.596. The third-order valence-electron chi connectivity index (χ3n) is 2.55. The van der Waals surface area contributed by atoms with E-state index in [0.29, 0.717) is 5.69 Å². The van der Waals surface area contributed by atoms with E-state index in [-0.39, 0.29) is 41.3 Å². The number of ether oxygens (including phenoxy) is 2. The molecule has 0 saturated carbocycles. The molecule has 1 heterocycles. The number of methoxy groups -OCH3 is 1. The number of halogens is 1. The minimum absolute atomic E-state index is 0.000494. The summed E-state index contributed by atoms with van der Waals surface area (Å²) < 4.78 is 36.5. The summed E-state index contributed by atoms with van der Waals surface area (Å²) in [6.45, 7) is 0.212. The van der Waals surface area contributed by atoms with Crippen molar-refractivity contribution in [2.24, 2.45) is 0 Å². The molecule has 1 aliphatic heterocycles. The molecule has 7 nitrogen and oxygen atoms in total. The van der Waals surface area contributed by atoms with Gasteiger partial charge in [-0.1, -0.05) is 11.6 Å². The smallest absolute Gasteiger partial charge is 0.262 e. The van der Waals surface area contributed by atoms with Crippen molar-refractivity contribution in [2.45, 2.75) is 4.90 Å². The number of rotatable bonds is 5. The van der Waals surface area contributed by atoms with Crippen LogP contribution >= 0.6 is 11.6 Å². The highest BCUT2D eigenvalue weighted by molar-refractivity contribution is 7.89. The van der Waals surface area contributed by atoms with Crippen LogP contribution in [0.1, 0.15) is 0 Å². The Hall–Kier alpha value is -1.35. The molecule has 1 aromatic carbocycles. The van der Waals surface area contributed by atoms with Crippen molar-refractivity contribution in [3.05, 3.63) is 17.2 Å². The summed E-state index contributed by atoms with van der Waals surface area (Å²) in [6, 6.07) is 2.63. The van der Waals surface area contributed by atoms with Gasteiger partial charge < -0.3 is 14.8 Å². The highest BCUT2D eigenvalue weighted by atomic mass is 35.5. The molecule has 0 saturated heterocycles. The van der Waals surface area contributed by atoms with E-state index in [1.807, 2.05) is 0 Å². The lowest BCUT2D eigenvalue weighted by Crippen LogP contribution is -2.28. The van der Waals surface area contributed by atoms with Gasteiger partial charge in [0, 0.05) is 19.7 Å². The van der Waals surface area contributed by atoms with Crippen LogP contribution in [0.4, 0.5) is 5.69 Å². The Morgan fingerprint density at radius 2 is 2.25 bits per heavy atom. The molecule has 110 valence electrons. The average molecular weight is 321 g/mol. The number of anilines is 1. The Labute approximate surface area is 121 Å². The molecule has 0 radical (unpaired) electrons. The Morgan fingerprint density at radius 1 is 1.50 bits per heavy atom. The average Bonchev–Trinajstić information content (AvgIpc) is 2.37. The van der Waals surface area contributed by atoms with Crippen molar-refractivity contribution in [3.63, 3.8) is 0 Å². The molecule has 2 rings (SSSR count). The van der Waals surface area contributed by atoms with E-state index in [9.17, 15) is 13.2 Å². The van der Waals surface area contributed by atoms with Crippen LogP contribution in [0.25, 0.3) is 0 Å². The SMILES string of the molecule is COCCNS(=O)(=O)c1cc2c(cc1Cl)NC(=O)CO2. The van der Waals surface area contributed by atoms with Gasteiger partial charge >= 0.3 is 0 Å². The first-order chi connectivity index (χ1) is 9.44. The van der Waals surface area contributed by atoms with Gasteiger partial charge in [0.25, 0.3) is 5.91 Å². The molecule has 0 atom stereocenters. The Morgan fingerprint density at radius 3 is 2.95 bits per heavy atom. The number of nitrogens with one attached hydrogen (secondary N) is 2. The number of hydrogen-bond donors (Lipinski definition) is 2. The first-order valence-electron chi connectivity index (χ1n) is 5.69. The number of amides is 1. The summed E-state index contributed by atoms with van der Waals surface area (Å²) in [5.74, 6) is -0.0523. The largest absolute Gasteiger partial charge is 0.482 e. The third kappa shape index (κ3) is 3.21. The Balaban J connectivity index is 2.31. The molecule has 1 amide bonds. The number of sulfonamides is 1. The fraction of sp³-hybridized carbons (Fsp3) is 0.364. The fourth-order valence-corrected chi connectivity index (χ4v) is 3.20. The van der Waals surface area contributed by atoms with Crippen LogP contribution in [0, 0.1) is 0 Å². The van der Waals surface area contributed by atoms with Crippen LogP contribution in [-0.2, 0) is 19.6 Å². The van der Waals surface area contributed by atoms with Crippen LogP contribution in [0.15, 0.2) is 17.0 Å². The van der Waals surface area contributed by atoms with Crippen molar-refractivity contribution in [1.82, 2.24) is 4.72 Å². The van der Waals surface area contributed by atoms with Crippen LogP contribution in [0.2, 0.25) is 5.02 Å². The molecular formula is C11H13ClN2O5S. The summed E-state index contributed by atoms with van der Waals surface area (Å²) in [7, 11) is -2.30. The molecule has 0 unspecified atom stereocenters. The molecule has 0 aliphatic carbocycles. The predicted molar refractivity (Wildman–Crippen MR) is 72.6 cm³/mol. The maximum atomic E-state index is 12.1. The van der Waals surface area contributed by atoms with E-state index in [1.54, 1.807) is 0 Å². The van der Waals surface area contributed by atoms with Crippen molar-refractivity contribution in [3.8, 4) is 5.75 Å². The molecule has 1 aliphatic rings. The van der Waals surface area contributed by atoms with Crippen molar-refractivity contribution >= 4 is 33.2 Å². The topological polar surface area (TPSA) is 93.7 Å². The first-order valence-corrected chi connectivity index (χ1v) is 7.55. The highest BCUT2D eigenvalue weighted by Gasteiger charge is 2.24. The number of carbonyl (C=O) groups excluding carboxylic acids is 1. The highest BCUT2D eigenvalue weighted by Crippen LogP contribution is 2.35. The van der Waals surface area contributed by atoms with Gasteiger partial charge in [-0.3, -0.25) is 4.79 Å². The van der Waals surface area contributed by atoms with Gasteiger partial charge in [-0.15, -0.1) is 0 Å². The zero-order valence-corrected chi connectivity index (χ0v) is 12.2. The van der Waals surface area contributed by atoms with Crippen LogP contribution in [0.3, 0.4) is 0 Å². The van der Waals surface area contributed by atoms with E-state index < -0.39 is 10.0 Å². The normalized spacial score (nSPS) is 14.4. The molecule has 1 aromatic rings. The second-order valence-electron chi connectivity index (χ2n) is 4.01. The van der Waals surface area contributed by atoms with E-state index in [1.165, 1.54) is 19.2 Å². The maximum Gasteiger partial charge on any atom is 0.262 e. The van der Waals surface area contributed by atoms with Gasteiger partial charge in [-0.05, 0) is 6.07 Å². The summed E-state index contributed by atoms with van der Waals surface area (Å²) >= 11 is 5.95. The summed E-state index contributed by atoms with van der Waals surface area (Å²) in [6.07, 6.45) is 0. The summed E-state index contributed by atoms with van der Waals surface area (Å²) in [5, 5.41) is 2.55. The quantitative estimate of drug-likeness (QED) is 0.775. The van der Waals surface area contributed by atoms with Crippen LogP contribution < -0.4 is 14.8 Å². The molecule has 0 spiro atoms. The zero-order valence-electron chi connectivity index (χ0n) is 10.6.